The maximum atomic E-state index is 18.3. The normalized spacial score (nSPS) is 18.9. The third kappa shape index (κ3) is 12.4. The highest BCUT2D eigenvalue weighted by atomic mass is 28.3. The maximum absolute atomic E-state index is 18.3. The number of alkyl halides is 75. The lowest BCUT2D eigenvalue weighted by Gasteiger charge is -2.62. The van der Waals surface area contributed by atoms with Crippen LogP contribution in [0.15, 0.2) is 24.3 Å². The van der Waals surface area contributed by atoms with Gasteiger partial charge in [0.05, 0.1) is 5.56 Å². The van der Waals surface area contributed by atoms with E-state index < -0.39 is 262 Å². The molecule has 2 nitrogen and oxygen atoms in total. The lowest BCUT2D eigenvalue weighted by atomic mass is 9.85. The number of carbonyl (C=O) groups is 1. The molecule has 718 valence electrons. The van der Waals surface area contributed by atoms with Crippen molar-refractivity contribution in [2.75, 3.05) is 0 Å². The Hall–Kier alpha value is -6.34. The third-order valence-electron chi connectivity index (χ3n) is 16.1. The second-order valence-electron chi connectivity index (χ2n) is 23.1. The largest absolute Gasteiger partial charge is 0.478 e. The molecule has 0 heterocycles. The van der Waals surface area contributed by atoms with Crippen molar-refractivity contribution in [3.05, 3.63) is 29.8 Å². The molecule has 121 heavy (non-hydrogen) atoms. The Balaban J connectivity index is 6.51. The smallest absolute Gasteiger partial charge is 0.460 e. The first-order valence-electron chi connectivity index (χ1n) is 25.9. The monoisotopic (exact) mass is 2010 g/mol. The van der Waals surface area contributed by atoms with Crippen molar-refractivity contribution >= 4 is 19.2 Å². The second-order valence-corrected chi connectivity index (χ2v) is 27.2. The zero-order chi connectivity index (χ0) is 100. The van der Waals surface area contributed by atoms with Crippen LogP contribution in [0, 0.1) is 0 Å². The van der Waals surface area contributed by atoms with Crippen LogP contribution in [-0.4, -0.2) is 232 Å². The van der Waals surface area contributed by atoms with Crippen molar-refractivity contribution in [1.29, 1.82) is 0 Å². The van der Waals surface area contributed by atoms with E-state index in [1.54, 1.807) is 0 Å². The van der Waals surface area contributed by atoms with E-state index >= 15 is 158 Å². The van der Waals surface area contributed by atoms with E-state index in [4.69, 9.17) is 5.11 Å². The summed E-state index contributed by atoms with van der Waals surface area (Å²) in [7, 11) is -17.3. The molecule has 3 atom stereocenters. The van der Waals surface area contributed by atoms with Gasteiger partial charge in [-0.05, 0) is 17.3 Å². The van der Waals surface area contributed by atoms with Gasteiger partial charge in [-0.1, -0.05) is 12.1 Å². The molecule has 0 radical (unpaired) electrons. The SMILES string of the molecule is O=C(O)c1ccc([Si](C(F)(C(F)(F)F)C(F)(F)C(F)(F)C(F)(F)C(F)(F)C(F)(F)C(F)(F)C(F)(F)C(F)(F)C(F)(F)C(F)(F)F)(C(F)(C(F)(F)F)C(F)(F)C(F)(F)C(F)(F)C(F)(F)C(F)(F)C(F)(F)C(F)(F)C(F)(F)C(F)(F)C(F)(F)F)C(F)(C(F)(F)F)C(F)(F)C(F)(F)C(F)(F)C(F)(F)C(F)(F)C(F)(F)C(F)(F)C(F)(F)C(F)(F)C(F)(F)F)cc1. The minimum atomic E-state index is -17.3. The summed E-state index contributed by atoms with van der Waals surface area (Å²) in [5.41, 5.74) is -3.67. The fraction of sp³-hybridized carbons (Fsp3) is 0.837. The topological polar surface area (TPSA) is 37.3 Å². The standard InChI is InChI=1S/C43H5F75O2Si/c44-8(45,14(56,57)20(68,69)26(80,81)32(92,93)38(101,102)103)11(50,51)17(62,63)23(74,75)29(86,87)35(98,41(110,111)112)121(6-3-1-5(2-4-6)7(119)120,36(99,42(113,114)115)30(88,89)24(76,77)18(64,65)12(52,53)9(46,47)15(58,59)21(70,71)27(82,83)33(94,95)39(104,105)106)37(100,43(116,117)118)31(90,91)25(78,79)19(66,67)13(54,55)10(48,49)16(60,61)22(72,73)28(84,85)34(96,97)40(107,108)109/h1-4H,(H,119,120). The van der Waals surface area contributed by atoms with Gasteiger partial charge < -0.3 is 5.11 Å². The fourth-order valence-electron chi connectivity index (χ4n) is 9.37. The van der Waals surface area contributed by atoms with Crippen LogP contribution in [-0.2, 0) is 0 Å². The summed E-state index contributed by atoms with van der Waals surface area (Å²) in [5, 5.41) is -40.2. The van der Waals surface area contributed by atoms with Crippen LogP contribution >= 0.6 is 0 Å². The molecule has 0 bridgehead atoms. The van der Waals surface area contributed by atoms with E-state index in [0.717, 1.165) is 0 Å². The van der Waals surface area contributed by atoms with Crippen LogP contribution in [0.1, 0.15) is 10.4 Å². The first-order valence-corrected chi connectivity index (χ1v) is 27.9. The molecular weight excluding hydrogens is 2000 g/mol. The van der Waals surface area contributed by atoms with Crippen molar-refractivity contribution in [3.63, 3.8) is 0 Å². The molecule has 1 rings (SSSR count). The Morgan fingerprint density at radius 1 is 0.157 bits per heavy atom. The number of hydrogen-bond acceptors (Lipinski definition) is 1. The molecule has 0 aliphatic carbocycles. The lowest BCUT2D eigenvalue weighted by Crippen LogP contribution is -3.02. The predicted octanol–water partition coefficient (Wildman–Crippen LogP) is 24.3. The van der Waals surface area contributed by atoms with Crippen molar-refractivity contribution in [2.24, 2.45) is 0 Å². The summed E-state index contributed by atoms with van der Waals surface area (Å²) in [6, 6.07) is -13.9. The summed E-state index contributed by atoms with van der Waals surface area (Å²) in [5.74, 6) is -319. The molecule has 0 aliphatic heterocycles. The van der Waals surface area contributed by atoms with Gasteiger partial charge in [0.1, 0.15) is 0 Å². The molecule has 1 N–H and O–H groups in total. The average Bonchev–Trinajstić information content (AvgIpc) is 0.621. The number of halogens is 75. The van der Waals surface area contributed by atoms with E-state index in [9.17, 15) is 176 Å². The quantitative estimate of drug-likeness (QED) is 0.0577. The third-order valence-corrected chi connectivity index (χ3v) is 22.2. The first kappa shape index (κ1) is 113. The van der Waals surface area contributed by atoms with E-state index in [2.05, 4.69) is 0 Å². The van der Waals surface area contributed by atoms with Crippen molar-refractivity contribution in [1.82, 2.24) is 0 Å². The van der Waals surface area contributed by atoms with Gasteiger partial charge in [0.15, 0.2) is 0 Å². The molecule has 0 spiro atoms. The Kier molecular flexibility index (Phi) is 25.7. The summed E-state index contributed by atoms with van der Waals surface area (Å²) < 4.78 is 1120. The van der Waals surface area contributed by atoms with Gasteiger partial charge in [-0.3, -0.25) is 0 Å². The van der Waals surface area contributed by atoms with Crippen LogP contribution < -0.4 is 5.19 Å². The number of rotatable bonds is 32. The molecule has 0 fully saturated rings. The van der Waals surface area contributed by atoms with Crippen LogP contribution in [0.3, 0.4) is 0 Å². The van der Waals surface area contributed by atoms with Crippen molar-refractivity contribution < 1.29 is 339 Å². The Labute approximate surface area is 602 Å². The molecule has 0 aromatic heterocycles. The predicted molar refractivity (Wildman–Crippen MR) is 220 cm³/mol. The zero-order valence-electron chi connectivity index (χ0n) is 51.5. The fourth-order valence-corrected chi connectivity index (χ4v) is 15.8. The highest BCUT2D eigenvalue weighted by Crippen LogP contribution is 2.79. The van der Waals surface area contributed by atoms with Gasteiger partial charge in [0, 0.05) is 0 Å². The molecule has 3 unspecified atom stereocenters. The zero-order valence-corrected chi connectivity index (χ0v) is 52.5. The van der Waals surface area contributed by atoms with Crippen molar-refractivity contribution in [3.8, 4) is 0 Å². The number of hydrogen-bond donors (Lipinski definition) is 1. The molecule has 1 aromatic rings. The molecule has 1 aromatic carbocycles. The van der Waals surface area contributed by atoms with E-state index in [1.165, 1.54) is 0 Å². The summed E-state index contributed by atoms with van der Waals surface area (Å²) in [6.07, 6.45) is -65.2. The number of carboxylic acid groups (broad SMARTS) is 1. The van der Waals surface area contributed by atoms with Crippen LogP contribution in [0.4, 0.5) is 329 Å². The molecular formula is C43H5F75O2Si. The lowest BCUT2D eigenvalue weighted by molar-refractivity contribution is -0.481. The molecule has 0 amide bonds. The van der Waals surface area contributed by atoms with Gasteiger partial charge in [-0.15, -0.1) is 0 Å². The molecule has 78 heteroatoms. The highest BCUT2D eigenvalue weighted by molar-refractivity contribution is 7.00. The van der Waals surface area contributed by atoms with Crippen LogP contribution in [0.5, 0.6) is 0 Å². The van der Waals surface area contributed by atoms with Crippen LogP contribution in [0.25, 0.3) is 0 Å². The second kappa shape index (κ2) is 27.6. The van der Waals surface area contributed by atoms with Crippen LogP contribution in [0.2, 0.25) is 0 Å². The number of carboxylic acids is 1. The van der Waals surface area contributed by atoms with Gasteiger partial charge in [0.2, 0.25) is 0 Å². The van der Waals surface area contributed by atoms with E-state index in [0.29, 0.717) is 0 Å². The molecule has 0 saturated carbocycles. The van der Waals surface area contributed by atoms with Gasteiger partial charge in [0.25, 0.3) is 23.9 Å². The Morgan fingerprint density at radius 2 is 0.256 bits per heavy atom. The Bertz CT molecular complexity index is 3560. The highest BCUT2D eigenvalue weighted by Gasteiger charge is 3.14. The van der Waals surface area contributed by atoms with E-state index in [-0.39, 0.29) is 0 Å². The minimum absolute atomic E-state index is 2.93. The number of benzene rings is 1. The maximum Gasteiger partial charge on any atom is 0.460 e. The first-order chi connectivity index (χ1) is 50.9. The van der Waals surface area contributed by atoms with E-state index in [1.807, 2.05) is 0 Å². The van der Waals surface area contributed by atoms with Crippen molar-refractivity contribution in [2.45, 2.75) is 213 Å². The summed E-state index contributed by atoms with van der Waals surface area (Å²) in [6.45, 7) is 0. The van der Waals surface area contributed by atoms with Gasteiger partial charge >= 0.3 is 203 Å². The Morgan fingerprint density at radius 3 is 0.347 bits per heavy atom. The summed E-state index contributed by atoms with van der Waals surface area (Å²) in [4.78, 5) is 11.5. The minimum Gasteiger partial charge on any atom is -0.478 e. The van der Waals surface area contributed by atoms with Gasteiger partial charge in [-0.2, -0.15) is 316 Å². The average molecular weight is 2010 g/mol. The molecule has 0 saturated heterocycles. The van der Waals surface area contributed by atoms with Gasteiger partial charge in [-0.25, -0.2) is 18.0 Å². The summed E-state index contributed by atoms with van der Waals surface area (Å²) >= 11 is 0. The molecule has 0 aliphatic rings. The number of aromatic carboxylic acids is 1.